The highest BCUT2D eigenvalue weighted by Gasteiger charge is 2.11. The summed E-state index contributed by atoms with van der Waals surface area (Å²) in [5, 5.41) is 2.85. The summed E-state index contributed by atoms with van der Waals surface area (Å²) in [4.78, 5) is 15.5. The average Bonchev–Trinajstić information content (AvgIpc) is 2.25. The van der Waals surface area contributed by atoms with Crippen molar-refractivity contribution in [2.45, 2.75) is 12.2 Å². The Bertz CT molecular complexity index is 412. The molecule has 0 aliphatic heterocycles. The van der Waals surface area contributed by atoms with Gasteiger partial charge in [-0.25, -0.2) is 4.98 Å². The second-order valence-electron chi connectivity index (χ2n) is 3.36. The zero-order valence-electron chi connectivity index (χ0n) is 9.07. The molecule has 0 spiro atoms. The van der Waals surface area contributed by atoms with Crippen LogP contribution in [0.5, 0.6) is 0 Å². The molecule has 1 amide bonds. The first-order valence-corrected chi connectivity index (χ1v) is 6.73. The van der Waals surface area contributed by atoms with Crippen LogP contribution in [-0.2, 0) is 10.8 Å². The lowest BCUT2D eigenvalue weighted by Crippen LogP contribution is -2.33. The van der Waals surface area contributed by atoms with E-state index in [2.05, 4.69) is 10.3 Å². The Morgan fingerprint density at radius 1 is 1.62 bits per heavy atom. The minimum absolute atomic E-state index is 0.0804. The highest BCUT2D eigenvalue weighted by Crippen LogP contribution is 2.04. The summed E-state index contributed by atoms with van der Waals surface area (Å²) >= 11 is 5.66. The maximum Gasteiger partial charge on any atom is 0.269 e. The third-order valence-corrected chi connectivity index (χ3v) is 3.57. The van der Waals surface area contributed by atoms with E-state index in [1.807, 2.05) is 6.92 Å². The van der Waals surface area contributed by atoms with Crippen LogP contribution in [0.15, 0.2) is 18.2 Å². The Balaban J connectivity index is 2.56. The average molecular weight is 261 g/mol. The normalized spacial score (nSPS) is 14.2. The van der Waals surface area contributed by atoms with Gasteiger partial charge in [0, 0.05) is 28.9 Å². The van der Waals surface area contributed by atoms with E-state index in [1.54, 1.807) is 24.5 Å². The molecule has 1 heterocycles. The molecule has 0 aliphatic carbocycles. The van der Waals surface area contributed by atoms with Gasteiger partial charge < -0.3 is 5.32 Å². The van der Waals surface area contributed by atoms with E-state index < -0.39 is 10.8 Å². The van der Waals surface area contributed by atoms with E-state index in [9.17, 15) is 9.00 Å². The molecular weight excluding hydrogens is 248 g/mol. The number of amides is 1. The third kappa shape index (κ3) is 3.90. The van der Waals surface area contributed by atoms with Crippen LogP contribution in [0.1, 0.15) is 17.4 Å². The van der Waals surface area contributed by atoms with Gasteiger partial charge in [0.15, 0.2) is 0 Å². The van der Waals surface area contributed by atoms with Crippen molar-refractivity contribution in [1.29, 1.82) is 0 Å². The molecule has 0 radical (unpaired) electrons. The largest absolute Gasteiger partial charge is 0.350 e. The molecule has 4 nitrogen and oxygen atoms in total. The molecule has 1 aromatic heterocycles. The number of halogens is 1. The van der Waals surface area contributed by atoms with Crippen molar-refractivity contribution >= 4 is 28.3 Å². The Kier molecular flexibility index (Phi) is 4.89. The standard InChI is InChI=1S/C10H13ClN2O2S/c1-7(16(2)15)6-12-10(14)8-4-3-5-9(11)13-8/h3-5,7H,6H2,1-2H3,(H,12,14). The highest BCUT2D eigenvalue weighted by atomic mass is 35.5. The fourth-order valence-corrected chi connectivity index (χ4v) is 1.46. The first-order chi connectivity index (χ1) is 7.50. The summed E-state index contributed by atoms with van der Waals surface area (Å²) in [5.41, 5.74) is 0.265. The van der Waals surface area contributed by atoms with Crippen molar-refractivity contribution in [3.05, 3.63) is 29.0 Å². The van der Waals surface area contributed by atoms with Gasteiger partial charge >= 0.3 is 0 Å². The molecule has 1 N–H and O–H groups in total. The summed E-state index contributed by atoms with van der Waals surface area (Å²) in [6, 6.07) is 4.84. The quantitative estimate of drug-likeness (QED) is 0.829. The second-order valence-corrected chi connectivity index (χ2v) is 5.55. The maximum atomic E-state index is 11.6. The number of nitrogens with zero attached hydrogens (tertiary/aromatic N) is 1. The summed E-state index contributed by atoms with van der Waals surface area (Å²) in [6.45, 7) is 2.16. The first kappa shape index (κ1) is 13.1. The molecule has 0 fully saturated rings. The molecule has 2 atom stereocenters. The molecule has 16 heavy (non-hydrogen) atoms. The second kappa shape index (κ2) is 5.96. The Morgan fingerprint density at radius 3 is 2.88 bits per heavy atom. The van der Waals surface area contributed by atoms with Gasteiger partial charge in [-0.05, 0) is 19.1 Å². The molecule has 0 aromatic carbocycles. The molecule has 0 bridgehead atoms. The number of pyridine rings is 1. The summed E-state index contributed by atoms with van der Waals surface area (Å²) < 4.78 is 11.1. The molecule has 0 aliphatic rings. The topological polar surface area (TPSA) is 59.1 Å². The van der Waals surface area contributed by atoms with Gasteiger partial charge in [-0.15, -0.1) is 0 Å². The van der Waals surface area contributed by atoms with Crippen LogP contribution < -0.4 is 5.32 Å². The van der Waals surface area contributed by atoms with Crippen molar-refractivity contribution in [1.82, 2.24) is 10.3 Å². The van der Waals surface area contributed by atoms with Crippen molar-refractivity contribution in [2.24, 2.45) is 0 Å². The van der Waals surface area contributed by atoms with Gasteiger partial charge in [-0.1, -0.05) is 17.7 Å². The third-order valence-electron chi connectivity index (χ3n) is 2.06. The van der Waals surface area contributed by atoms with Crippen LogP contribution in [-0.4, -0.2) is 33.2 Å². The monoisotopic (exact) mass is 260 g/mol. The zero-order chi connectivity index (χ0) is 12.1. The number of rotatable bonds is 4. The van der Waals surface area contributed by atoms with Crippen molar-refractivity contribution < 1.29 is 9.00 Å². The van der Waals surface area contributed by atoms with Crippen molar-refractivity contribution in [3.8, 4) is 0 Å². The van der Waals surface area contributed by atoms with Gasteiger partial charge in [0.05, 0.1) is 0 Å². The van der Waals surface area contributed by atoms with E-state index in [4.69, 9.17) is 11.6 Å². The van der Waals surface area contributed by atoms with Crippen LogP contribution in [0.4, 0.5) is 0 Å². The predicted octanol–water partition coefficient (Wildman–Crippen LogP) is 1.23. The van der Waals surface area contributed by atoms with Crippen LogP contribution in [0.25, 0.3) is 0 Å². The lowest BCUT2D eigenvalue weighted by atomic mass is 10.3. The lowest BCUT2D eigenvalue weighted by Gasteiger charge is -2.09. The number of aromatic nitrogens is 1. The fraction of sp³-hybridized carbons (Fsp3) is 0.400. The Morgan fingerprint density at radius 2 is 2.31 bits per heavy atom. The number of nitrogens with one attached hydrogen (secondary N) is 1. The zero-order valence-corrected chi connectivity index (χ0v) is 10.6. The summed E-state index contributed by atoms with van der Waals surface area (Å²) in [5.74, 6) is -0.306. The number of hydrogen-bond acceptors (Lipinski definition) is 3. The molecule has 88 valence electrons. The van der Waals surface area contributed by atoms with Gasteiger partial charge in [-0.3, -0.25) is 9.00 Å². The number of carbonyl (C=O) groups is 1. The molecule has 0 saturated carbocycles. The molecule has 0 saturated heterocycles. The molecule has 2 unspecified atom stereocenters. The molecular formula is C10H13ClN2O2S. The predicted molar refractivity (Wildman–Crippen MR) is 65.1 cm³/mol. The molecule has 1 aromatic rings. The van der Waals surface area contributed by atoms with Crippen LogP contribution >= 0.6 is 11.6 Å². The minimum atomic E-state index is -0.949. The van der Waals surface area contributed by atoms with E-state index >= 15 is 0 Å². The summed E-state index contributed by atoms with van der Waals surface area (Å²) in [6.07, 6.45) is 1.61. The van der Waals surface area contributed by atoms with Gasteiger partial charge in [0.1, 0.15) is 10.8 Å². The minimum Gasteiger partial charge on any atom is -0.350 e. The number of hydrogen-bond donors (Lipinski definition) is 1. The molecule has 6 heteroatoms. The van der Waals surface area contributed by atoms with E-state index in [-0.39, 0.29) is 22.0 Å². The summed E-state index contributed by atoms with van der Waals surface area (Å²) in [7, 11) is -0.949. The Labute approximate surface area is 102 Å². The lowest BCUT2D eigenvalue weighted by molar-refractivity contribution is 0.0949. The van der Waals surface area contributed by atoms with Gasteiger partial charge in [0.2, 0.25) is 0 Å². The van der Waals surface area contributed by atoms with E-state index in [1.165, 1.54) is 0 Å². The fourth-order valence-electron chi connectivity index (χ4n) is 0.979. The number of carbonyl (C=O) groups excluding carboxylic acids is 1. The van der Waals surface area contributed by atoms with Crippen LogP contribution in [0.2, 0.25) is 5.15 Å². The first-order valence-electron chi connectivity index (χ1n) is 4.73. The van der Waals surface area contributed by atoms with Gasteiger partial charge in [0.25, 0.3) is 5.91 Å². The van der Waals surface area contributed by atoms with Crippen molar-refractivity contribution in [2.75, 3.05) is 12.8 Å². The van der Waals surface area contributed by atoms with Crippen molar-refractivity contribution in [3.63, 3.8) is 0 Å². The van der Waals surface area contributed by atoms with Crippen LogP contribution in [0, 0.1) is 0 Å². The maximum absolute atomic E-state index is 11.6. The smallest absolute Gasteiger partial charge is 0.269 e. The van der Waals surface area contributed by atoms with E-state index in [0.29, 0.717) is 6.54 Å². The Hall–Kier alpha value is -0.940. The molecule has 1 rings (SSSR count). The highest BCUT2D eigenvalue weighted by molar-refractivity contribution is 7.84. The SMILES string of the molecule is CC(CNC(=O)c1cccc(Cl)n1)S(C)=O. The van der Waals surface area contributed by atoms with E-state index in [0.717, 1.165) is 0 Å². The van der Waals surface area contributed by atoms with Gasteiger partial charge in [-0.2, -0.15) is 0 Å². The van der Waals surface area contributed by atoms with Crippen LogP contribution in [0.3, 0.4) is 0 Å².